The molecule has 0 N–H and O–H groups in total. The predicted octanol–water partition coefficient (Wildman–Crippen LogP) is 2.75. The van der Waals surface area contributed by atoms with Gasteiger partial charge in [-0.15, -0.1) is 17.9 Å². The van der Waals surface area contributed by atoms with E-state index in [1.165, 1.54) is 0 Å². The highest BCUT2D eigenvalue weighted by Gasteiger charge is 2.28. The molecule has 0 saturated carbocycles. The summed E-state index contributed by atoms with van der Waals surface area (Å²) in [5.74, 6) is -0.716. The molecular weight excluding hydrogens is 276 g/mol. The van der Waals surface area contributed by atoms with E-state index in [-0.39, 0.29) is 28.8 Å². The van der Waals surface area contributed by atoms with Crippen molar-refractivity contribution in [2.45, 2.75) is 33.2 Å². The first-order valence-corrected chi connectivity index (χ1v) is 7.24. The van der Waals surface area contributed by atoms with Crippen molar-refractivity contribution in [1.29, 1.82) is 0 Å². The van der Waals surface area contributed by atoms with Crippen LogP contribution in [0.3, 0.4) is 0 Å². The fourth-order valence-electron chi connectivity index (χ4n) is 1.59. The van der Waals surface area contributed by atoms with E-state index in [9.17, 15) is 9.59 Å². The second kappa shape index (κ2) is 6.65. The van der Waals surface area contributed by atoms with Gasteiger partial charge in [-0.25, -0.2) is 9.78 Å². The van der Waals surface area contributed by atoms with Gasteiger partial charge in [0, 0.05) is 17.5 Å². The quantitative estimate of drug-likeness (QED) is 0.619. The molecule has 1 heterocycles. The summed E-state index contributed by atoms with van der Waals surface area (Å²) in [6.07, 6.45) is 1.67. The molecule has 0 saturated heterocycles. The molecular formula is C14H20N2O3S. The fraction of sp³-hybridized carbons (Fsp3) is 0.500. The van der Waals surface area contributed by atoms with E-state index < -0.39 is 5.97 Å². The number of thiazole rings is 1. The van der Waals surface area contributed by atoms with Crippen LogP contribution in [0, 0.1) is 0 Å². The Hall–Kier alpha value is -1.69. The molecule has 5 nitrogen and oxygen atoms in total. The minimum Gasteiger partial charge on any atom is -0.461 e. The third-order valence-electron chi connectivity index (χ3n) is 2.54. The van der Waals surface area contributed by atoms with Gasteiger partial charge in [-0.2, -0.15) is 0 Å². The Kier molecular flexibility index (Phi) is 5.44. The Balaban J connectivity index is 2.96. The number of aromatic nitrogens is 1. The van der Waals surface area contributed by atoms with E-state index in [0.29, 0.717) is 6.54 Å². The molecule has 0 atom stereocenters. The lowest BCUT2D eigenvalue weighted by Gasteiger charge is -2.34. The number of amides is 1. The van der Waals surface area contributed by atoms with Crippen molar-refractivity contribution in [2.75, 3.05) is 13.2 Å². The second-order valence-corrected chi connectivity index (χ2v) is 5.99. The van der Waals surface area contributed by atoms with Gasteiger partial charge in [-0.3, -0.25) is 4.79 Å². The molecule has 0 fully saturated rings. The zero-order valence-corrected chi connectivity index (χ0v) is 13.1. The van der Waals surface area contributed by atoms with Crippen LogP contribution in [0.4, 0.5) is 0 Å². The van der Waals surface area contributed by atoms with Crippen LogP contribution in [-0.2, 0) is 4.74 Å². The maximum absolute atomic E-state index is 12.4. The molecule has 110 valence electrons. The third kappa shape index (κ3) is 3.90. The molecule has 0 aliphatic carbocycles. The minimum absolute atomic E-state index is 0.197. The van der Waals surface area contributed by atoms with Crippen molar-refractivity contribution < 1.29 is 14.3 Å². The zero-order chi connectivity index (χ0) is 15.3. The lowest BCUT2D eigenvalue weighted by Crippen LogP contribution is -2.45. The zero-order valence-electron chi connectivity index (χ0n) is 12.3. The Bertz CT molecular complexity index is 503. The first kappa shape index (κ1) is 16.4. The maximum atomic E-state index is 12.4. The van der Waals surface area contributed by atoms with E-state index in [2.05, 4.69) is 11.6 Å². The number of carbonyl (C=O) groups is 2. The lowest BCUT2D eigenvalue weighted by molar-refractivity contribution is 0.0525. The second-order valence-electron chi connectivity index (χ2n) is 5.13. The number of esters is 1. The average Bonchev–Trinajstić information content (AvgIpc) is 2.83. The maximum Gasteiger partial charge on any atom is 0.367 e. The summed E-state index contributed by atoms with van der Waals surface area (Å²) in [7, 11) is 0. The third-order valence-corrected chi connectivity index (χ3v) is 3.36. The van der Waals surface area contributed by atoms with Gasteiger partial charge in [-0.1, -0.05) is 6.08 Å². The molecule has 1 amide bonds. The Morgan fingerprint density at radius 1 is 1.50 bits per heavy atom. The number of hydrogen-bond donors (Lipinski definition) is 0. The van der Waals surface area contributed by atoms with Gasteiger partial charge in [0.2, 0.25) is 5.01 Å². The van der Waals surface area contributed by atoms with E-state index in [4.69, 9.17) is 4.74 Å². The van der Waals surface area contributed by atoms with Crippen LogP contribution < -0.4 is 0 Å². The van der Waals surface area contributed by atoms with Gasteiger partial charge in [0.05, 0.1) is 6.61 Å². The highest BCUT2D eigenvalue weighted by molar-refractivity contribution is 7.11. The number of ether oxygens (including phenoxy) is 1. The summed E-state index contributed by atoms with van der Waals surface area (Å²) in [5.41, 5.74) is -0.0891. The fourth-order valence-corrected chi connectivity index (χ4v) is 2.27. The summed E-state index contributed by atoms with van der Waals surface area (Å²) in [6, 6.07) is 0. The van der Waals surface area contributed by atoms with E-state index in [0.717, 1.165) is 11.3 Å². The summed E-state index contributed by atoms with van der Waals surface area (Å²) < 4.78 is 4.86. The smallest absolute Gasteiger partial charge is 0.367 e. The lowest BCUT2D eigenvalue weighted by atomic mass is 10.1. The van der Waals surface area contributed by atoms with Crippen LogP contribution in [0.5, 0.6) is 0 Å². The van der Waals surface area contributed by atoms with Crippen molar-refractivity contribution in [3.63, 3.8) is 0 Å². The minimum atomic E-state index is -0.498. The number of hydrogen-bond acceptors (Lipinski definition) is 5. The topological polar surface area (TPSA) is 59.5 Å². The highest BCUT2D eigenvalue weighted by atomic mass is 32.1. The molecule has 0 aromatic carbocycles. The SMILES string of the molecule is C=CCN(C(=O)c1csc(C(=O)OCC)n1)C(C)(C)C. The molecule has 6 heteroatoms. The molecule has 0 aliphatic heterocycles. The first-order valence-electron chi connectivity index (χ1n) is 6.36. The van der Waals surface area contributed by atoms with Crippen molar-refractivity contribution >= 4 is 23.2 Å². The van der Waals surface area contributed by atoms with Gasteiger partial charge in [-0.05, 0) is 27.7 Å². The van der Waals surface area contributed by atoms with Crippen LogP contribution in [0.15, 0.2) is 18.0 Å². The number of carbonyl (C=O) groups excluding carboxylic acids is 2. The molecule has 0 aliphatic rings. The average molecular weight is 296 g/mol. The van der Waals surface area contributed by atoms with Crippen LogP contribution in [0.1, 0.15) is 48.0 Å². The van der Waals surface area contributed by atoms with Crippen molar-refractivity contribution in [2.24, 2.45) is 0 Å². The van der Waals surface area contributed by atoms with Gasteiger partial charge in [0.1, 0.15) is 5.69 Å². The Labute approximate surface area is 123 Å². The number of nitrogens with zero attached hydrogens (tertiary/aromatic N) is 2. The predicted molar refractivity (Wildman–Crippen MR) is 79.1 cm³/mol. The molecule has 20 heavy (non-hydrogen) atoms. The summed E-state index contributed by atoms with van der Waals surface area (Å²) in [5, 5.41) is 1.78. The number of rotatable bonds is 5. The molecule has 0 radical (unpaired) electrons. The molecule has 1 aromatic heterocycles. The standard InChI is InChI=1S/C14H20N2O3S/c1-6-8-16(14(3,4)5)12(17)10-9-20-11(15-10)13(18)19-7-2/h6,9H,1,7-8H2,2-5H3. The molecule has 0 bridgehead atoms. The molecule has 1 rings (SSSR count). The van der Waals surface area contributed by atoms with E-state index in [1.807, 2.05) is 20.8 Å². The Morgan fingerprint density at radius 3 is 2.65 bits per heavy atom. The van der Waals surface area contributed by atoms with Crippen molar-refractivity contribution in [3.05, 3.63) is 28.7 Å². The van der Waals surface area contributed by atoms with Crippen LogP contribution in [0.25, 0.3) is 0 Å². The van der Waals surface area contributed by atoms with Crippen molar-refractivity contribution in [1.82, 2.24) is 9.88 Å². The van der Waals surface area contributed by atoms with Gasteiger partial charge in [0.25, 0.3) is 5.91 Å². The van der Waals surface area contributed by atoms with Crippen LogP contribution >= 0.6 is 11.3 Å². The van der Waals surface area contributed by atoms with Crippen LogP contribution in [-0.4, -0.2) is 40.5 Å². The normalized spacial score (nSPS) is 11.0. The monoisotopic (exact) mass is 296 g/mol. The first-order chi connectivity index (χ1) is 9.31. The summed E-state index contributed by atoms with van der Waals surface area (Å²) in [4.78, 5) is 29.7. The van der Waals surface area contributed by atoms with Crippen molar-refractivity contribution in [3.8, 4) is 0 Å². The van der Waals surface area contributed by atoms with Gasteiger partial charge in [0.15, 0.2) is 0 Å². The Morgan fingerprint density at radius 2 is 2.15 bits per heavy atom. The largest absolute Gasteiger partial charge is 0.461 e. The van der Waals surface area contributed by atoms with Crippen LogP contribution in [0.2, 0.25) is 0 Å². The van der Waals surface area contributed by atoms with Gasteiger partial charge < -0.3 is 9.64 Å². The summed E-state index contributed by atoms with van der Waals surface area (Å²) >= 11 is 1.11. The van der Waals surface area contributed by atoms with Gasteiger partial charge >= 0.3 is 5.97 Å². The summed E-state index contributed by atoms with van der Waals surface area (Å²) in [6.45, 7) is 11.9. The highest BCUT2D eigenvalue weighted by Crippen LogP contribution is 2.19. The molecule has 0 unspecified atom stereocenters. The molecule has 0 spiro atoms. The molecule has 1 aromatic rings. The van der Waals surface area contributed by atoms with E-state index >= 15 is 0 Å². The van der Waals surface area contributed by atoms with E-state index in [1.54, 1.807) is 23.3 Å².